The van der Waals surface area contributed by atoms with Crippen LogP contribution in [0.4, 0.5) is 0 Å². The smallest absolute Gasteiger partial charge is 0.346 e. The Hall–Kier alpha value is -1.72. The van der Waals surface area contributed by atoms with Crippen molar-refractivity contribution in [2.45, 2.75) is 44.2 Å². The minimum atomic E-state index is -3.20. The van der Waals surface area contributed by atoms with Crippen LogP contribution in [-0.4, -0.2) is 71.6 Å². The minimum Gasteiger partial charge on any atom is -0.376 e. The molecule has 27 heavy (non-hydrogen) atoms. The summed E-state index contributed by atoms with van der Waals surface area (Å²) in [4.78, 5) is 24.5. The summed E-state index contributed by atoms with van der Waals surface area (Å²) in [6.07, 6.45) is 4.38. The predicted octanol–water partition coefficient (Wildman–Crippen LogP) is -0.984. The molecule has 10 nitrogen and oxygen atoms in total. The molecule has 2 aliphatic heterocycles. The summed E-state index contributed by atoms with van der Waals surface area (Å²) in [5.74, 6) is 0.320. The van der Waals surface area contributed by atoms with E-state index < -0.39 is 10.0 Å². The first-order chi connectivity index (χ1) is 12.8. The lowest BCUT2D eigenvalue weighted by Crippen LogP contribution is -2.37. The molecule has 1 aromatic heterocycles. The Morgan fingerprint density at radius 3 is 2.59 bits per heavy atom. The average molecular weight is 401 g/mol. The van der Waals surface area contributed by atoms with Crippen LogP contribution in [0.15, 0.2) is 4.79 Å². The summed E-state index contributed by atoms with van der Waals surface area (Å²) >= 11 is 0. The van der Waals surface area contributed by atoms with Gasteiger partial charge in [0.15, 0.2) is 0 Å². The third-order valence-corrected chi connectivity index (χ3v) is 6.51. The summed E-state index contributed by atoms with van der Waals surface area (Å²) in [6.45, 7) is 1.85. The maximum absolute atomic E-state index is 12.4. The summed E-state index contributed by atoms with van der Waals surface area (Å²) in [5.41, 5.74) is -0.345. The minimum absolute atomic E-state index is 0.00287. The van der Waals surface area contributed by atoms with Crippen molar-refractivity contribution in [3.63, 3.8) is 0 Å². The van der Waals surface area contributed by atoms with Gasteiger partial charge in [-0.15, -0.1) is 0 Å². The molecule has 1 amide bonds. The van der Waals surface area contributed by atoms with Gasteiger partial charge in [-0.05, 0) is 25.7 Å². The van der Waals surface area contributed by atoms with Gasteiger partial charge in [-0.2, -0.15) is 5.10 Å². The van der Waals surface area contributed by atoms with Crippen LogP contribution in [0.3, 0.4) is 0 Å². The monoisotopic (exact) mass is 401 g/mol. The molecule has 0 saturated carbocycles. The fourth-order valence-electron chi connectivity index (χ4n) is 3.63. The van der Waals surface area contributed by atoms with Gasteiger partial charge in [-0.25, -0.2) is 22.2 Å². The zero-order valence-corrected chi connectivity index (χ0v) is 16.6. The van der Waals surface area contributed by atoms with Gasteiger partial charge >= 0.3 is 5.69 Å². The van der Waals surface area contributed by atoms with E-state index in [1.165, 1.54) is 19.8 Å². The molecular formula is C16H27N5O5S. The number of amides is 1. The summed E-state index contributed by atoms with van der Waals surface area (Å²) in [5, 5.41) is 7.13. The number of aromatic nitrogens is 3. The van der Waals surface area contributed by atoms with E-state index in [-0.39, 0.29) is 30.2 Å². The maximum Gasteiger partial charge on any atom is 0.346 e. The molecule has 0 unspecified atom stereocenters. The van der Waals surface area contributed by atoms with E-state index in [9.17, 15) is 18.0 Å². The van der Waals surface area contributed by atoms with Crippen molar-refractivity contribution in [2.24, 2.45) is 7.05 Å². The van der Waals surface area contributed by atoms with Gasteiger partial charge in [0.1, 0.15) is 12.4 Å². The van der Waals surface area contributed by atoms with E-state index in [1.54, 1.807) is 7.05 Å². The topological polar surface area (TPSA) is 116 Å². The quantitative estimate of drug-likeness (QED) is 0.655. The lowest BCUT2D eigenvalue weighted by Gasteiger charge is -2.29. The molecule has 0 aliphatic carbocycles. The maximum atomic E-state index is 12.4. The number of nitrogens with one attached hydrogen (secondary N) is 1. The van der Waals surface area contributed by atoms with Crippen LogP contribution in [0.1, 0.15) is 37.4 Å². The molecular weight excluding hydrogens is 374 g/mol. The van der Waals surface area contributed by atoms with Gasteiger partial charge in [0.25, 0.3) is 0 Å². The lowest BCUT2D eigenvalue weighted by molar-refractivity contribution is -0.122. The fraction of sp³-hybridized carbons (Fsp3) is 0.812. The van der Waals surface area contributed by atoms with Crippen LogP contribution >= 0.6 is 0 Å². The Labute approximate surface area is 158 Å². The third kappa shape index (κ3) is 4.77. The highest BCUT2D eigenvalue weighted by Crippen LogP contribution is 2.26. The number of carbonyl (C=O) groups excluding carboxylic acids is 1. The molecule has 3 rings (SSSR count). The predicted molar refractivity (Wildman–Crippen MR) is 97.8 cm³/mol. The number of hydrogen-bond donors (Lipinski definition) is 1. The highest BCUT2D eigenvalue weighted by Gasteiger charge is 2.29. The van der Waals surface area contributed by atoms with E-state index >= 15 is 0 Å². The largest absolute Gasteiger partial charge is 0.376 e. The molecule has 11 heteroatoms. The molecule has 2 aliphatic rings. The van der Waals surface area contributed by atoms with Crippen molar-refractivity contribution in [3.05, 3.63) is 16.3 Å². The van der Waals surface area contributed by atoms with Crippen LogP contribution in [0.25, 0.3) is 0 Å². The second-order valence-electron chi connectivity index (χ2n) is 7.23. The second kappa shape index (κ2) is 8.11. The second-order valence-corrected chi connectivity index (χ2v) is 9.22. The SMILES string of the molecule is Cn1c(C2CCN(S(C)(=O)=O)CC2)nn(CC(=O)NC[C@@H]2CCCO2)c1=O. The zero-order valence-electron chi connectivity index (χ0n) is 15.8. The van der Waals surface area contributed by atoms with E-state index in [0.29, 0.717) is 38.3 Å². The first-order valence-electron chi connectivity index (χ1n) is 9.23. The van der Waals surface area contributed by atoms with E-state index in [1.807, 2.05) is 0 Å². The van der Waals surface area contributed by atoms with E-state index in [0.717, 1.165) is 19.4 Å². The number of rotatable bonds is 6. The average Bonchev–Trinajstić information content (AvgIpc) is 3.23. The normalized spacial score (nSPS) is 22.2. The molecule has 1 aromatic rings. The highest BCUT2D eigenvalue weighted by molar-refractivity contribution is 7.88. The van der Waals surface area contributed by atoms with Crippen LogP contribution in [0, 0.1) is 0 Å². The van der Waals surface area contributed by atoms with Gasteiger partial charge in [0, 0.05) is 39.2 Å². The van der Waals surface area contributed by atoms with E-state index in [4.69, 9.17) is 4.74 Å². The molecule has 1 N–H and O–H groups in total. The Kier molecular flexibility index (Phi) is 6.02. The standard InChI is InChI=1S/C16H27N5O5S/c1-19-15(12-5-7-20(8-6-12)27(2,24)25)18-21(16(19)23)11-14(22)17-10-13-4-3-9-26-13/h12-13H,3-11H2,1-2H3,(H,17,22)/t13-/m0/s1. The van der Waals surface area contributed by atoms with Crippen molar-refractivity contribution in [1.29, 1.82) is 0 Å². The zero-order chi connectivity index (χ0) is 19.6. The van der Waals surface area contributed by atoms with Crippen molar-refractivity contribution < 1.29 is 17.9 Å². The number of piperidine rings is 1. The summed E-state index contributed by atoms with van der Waals surface area (Å²) < 4.78 is 32.8. The van der Waals surface area contributed by atoms with Crippen molar-refractivity contribution in [1.82, 2.24) is 24.0 Å². The van der Waals surface area contributed by atoms with Gasteiger partial charge < -0.3 is 10.1 Å². The number of ether oxygens (including phenoxy) is 1. The van der Waals surface area contributed by atoms with Crippen LogP contribution in [0.2, 0.25) is 0 Å². The molecule has 0 bridgehead atoms. The molecule has 0 radical (unpaired) electrons. The van der Waals surface area contributed by atoms with Gasteiger partial charge in [0.2, 0.25) is 15.9 Å². The molecule has 2 fully saturated rings. The molecule has 0 spiro atoms. The van der Waals surface area contributed by atoms with Crippen molar-refractivity contribution >= 4 is 15.9 Å². The molecule has 3 heterocycles. The number of hydrogen-bond acceptors (Lipinski definition) is 6. The number of carbonyl (C=O) groups is 1. The van der Waals surface area contributed by atoms with E-state index in [2.05, 4.69) is 10.4 Å². The molecule has 0 aromatic carbocycles. The molecule has 1 atom stereocenters. The first kappa shape index (κ1) is 20.0. The van der Waals surface area contributed by atoms with Gasteiger partial charge in [-0.1, -0.05) is 0 Å². The van der Waals surface area contributed by atoms with Crippen LogP contribution < -0.4 is 11.0 Å². The fourth-order valence-corrected chi connectivity index (χ4v) is 4.51. The van der Waals surface area contributed by atoms with Gasteiger partial charge in [0.05, 0.1) is 12.4 Å². The van der Waals surface area contributed by atoms with Crippen LogP contribution in [0.5, 0.6) is 0 Å². The Morgan fingerprint density at radius 2 is 2.00 bits per heavy atom. The summed E-state index contributed by atoms with van der Waals surface area (Å²) in [6, 6.07) is 0. The Balaban J connectivity index is 1.60. The van der Waals surface area contributed by atoms with Crippen molar-refractivity contribution in [2.75, 3.05) is 32.5 Å². The summed E-state index contributed by atoms with van der Waals surface area (Å²) in [7, 11) is -1.56. The lowest BCUT2D eigenvalue weighted by atomic mass is 9.97. The molecule has 2 saturated heterocycles. The number of sulfonamides is 1. The number of nitrogens with zero attached hydrogens (tertiary/aromatic N) is 4. The Morgan fingerprint density at radius 1 is 1.30 bits per heavy atom. The van der Waals surface area contributed by atoms with Gasteiger partial charge in [-0.3, -0.25) is 9.36 Å². The van der Waals surface area contributed by atoms with Crippen LogP contribution in [-0.2, 0) is 33.1 Å². The Bertz CT molecular complexity index is 832. The van der Waals surface area contributed by atoms with Crippen molar-refractivity contribution in [3.8, 4) is 0 Å². The first-order valence-corrected chi connectivity index (χ1v) is 11.1. The highest BCUT2D eigenvalue weighted by atomic mass is 32.2. The molecule has 152 valence electrons. The third-order valence-electron chi connectivity index (χ3n) is 5.21.